The Balaban J connectivity index is 2.66. The highest BCUT2D eigenvalue weighted by atomic mass is 32.1. The summed E-state index contributed by atoms with van der Waals surface area (Å²) in [6.45, 7) is 3.79. The minimum absolute atomic E-state index is 0.206. The summed E-state index contributed by atoms with van der Waals surface area (Å²) >= 11 is 1.29. The molecule has 0 saturated heterocycles. The molecular weight excluding hydrogens is 350 g/mol. The van der Waals surface area contributed by atoms with Crippen LogP contribution >= 0.6 is 11.3 Å². The second-order valence-electron chi connectivity index (χ2n) is 4.98. The molecular formula is C15H23N3O6S. The number of rotatable bonds is 10. The van der Waals surface area contributed by atoms with Gasteiger partial charge in [-0.2, -0.15) is 0 Å². The van der Waals surface area contributed by atoms with Crippen molar-refractivity contribution in [3.05, 3.63) is 16.1 Å². The molecule has 1 heterocycles. The number of amides is 2. The Morgan fingerprint density at radius 3 is 2.68 bits per heavy atom. The number of aliphatic hydroxyl groups excluding tert-OH is 1. The van der Waals surface area contributed by atoms with Crippen LogP contribution in [-0.2, 0) is 25.5 Å². The van der Waals surface area contributed by atoms with Crippen LogP contribution in [0.25, 0.3) is 0 Å². The highest BCUT2D eigenvalue weighted by molar-refractivity contribution is 7.09. The molecule has 10 heteroatoms. The van der Waals surface area contributed by atoms with E-state index in [-0.39, 0.29) is 13.2 Å². The Labute approximate surface area is 149 Å². The molecule has 0 spiro atoms. The molecule has 0 fully saturated rings. The van der Waals surface area contributed by atoms with Crippen LogP contribution in [-0.4, -0.2) is 59.8 Å². The highest BCUT2D eigenvalue weighted by Gasteiger charge is 2.23. The van der Waals surface area contributed by atoms with Crippen molar-refractivity contribution in [2.24, 2.45) is 0 Å². The maximum absolute atomic E-state index is 11.7. The molecule has 140 valence electrons. The molecule has 0 saturated carbocycles. The lowest BCUT2D eigenvalue weighted by molar-refractivity contribution is -0.146. The summed E-state index contributed by atoms with van der Waals surface area (Å²) in [5, 5.41) is 14.9. The number of aliphatic hydroxyl groups is 1. The Kier molecular flexibility index (Phi) is 8.86. The molecule has 25 heavy (non-hydrogen) atoms. The van der Waals surface area contributed by atoms with Crippen molar-refractivity contribution in [3.63, 3.8) is 0 Å². The SMILES string of the molecule is CCOC(=O)[C@H](CCc1nc(C(O)N(C)C(=O)OCC)cs1)NC=O. The van der Waals surface area contributed by atoms with E-state index < -0.39 is 24.3 Å². The Bertz CT molecular complexity index is 579. The second-order valence-corrected chi connectivity index (χ2v) is 5.92. The van der Waals surface area contributed by atoms with E-state index in [4.69, 9.17) is 9.47 Å². The second kappa shape index (κ2) is 10.6. The Morgan fingerprint density at radius 1 is 1.40 bits per heavy atom. The van der Waals surface area contributed by atoms with E-state index in [0.717, 1.165) is 4.90 Å². The van der Waals surface area contributed by atoms with Crippen molar-refractivity contribution < 1.29 is 29.0 Å². The van der Waals surface area contributed by atoms with E-state index in [0.29, 0.717) is 30.0 Å². The zero-order valence-corrected chi connectivity index (χ0v) is 15.2. The molecule has 1 unspecified atom stereocenters. The number of esters is 1. The third-order valence-corrected chi connectivity index (χ3v) is 4.17. The van der Waals surface area contributed by atoms with E-state index >= 15 is 0 Å². The summed E-state index contributed by atoms with van der Waals surface area (Å²) in [5.74, 6) is -0.506. The molecule has 0 aliphatic heterocycles. The lowest BCUT2D eigenvalue weighted by atomic mass is 10.1. The molecule has 0 bridgehead atoms. The van der Waals surface area contributed by atoms with E-state index in [1.54, 1.807) is 19.2 Å². The van der Waals surface area contributed by atoms with Crippen LogP contribution in [0.2, 0.25) is 0 Å². The van der Waals surface area contributed by atoms with Crippen molar-refractivity contribution in [3.8, 4) is 0 Å². The molecule has 2 N–H and O–H groups in total. The number of ether oxygens (including phenoxy) is 2. The average Bonchev–Trinajstić information content (AvgIpc) is 3.06. The number of carbonyl (C=O) groups is 3. The van der Waals surface area contributed by atoms with Gasteiger partial charge in [0.25, 0.3) is 0 Å². The van der Waals surface area contributed by atoms with Gasteiger partial charge in [0.2, 0.25) is 6.41 Å². The normalized spacial score (nSPS) is 12.8. The van der Waals surface area contributed by atoms with Crippen molar-refractivity contribution in [2.45, 2.75) is 39.0 Å². The van der Waals surface area contributed by atoms with Gasteiger partial charge in [0.1, 0.15) is 11.7 Å². The van der Waals surface area contributed by atoms with Crippen molar-refractivity contribution in [1.82, 2.24) is 15.2 Å². The van der Waals surface area contributed by atoms with Gasteiger partial charge in [-0.1, -0.05) is 0 Å². The minimum Gasteiger partial charge on any atom is -0.464 e. The predicted molar refractivity (Wildman–Crippen MR) is 89.8 cm³/mol. The van der Waals surface area contributed by atoms with Crippen LogP contribution in [0.15, 0.2) is 5.38 Å². The first-order valence-electron chi connectivity index (χ1n) is 7.82. The van der Waals surface area contributed by atoms with Crippen LogP contribution in [0.5, 0.6) is 0 Å². The van der Waals surface area contributed by atoms with Crippen molar-refractivity contribution >= 4 is 29.8 Å². The fraction of sp³-hybridized carbons (Fsp3) is 0.600. The zero-order valence-electron chi connectivity index (χ0n) is 14.4. The van der Waals surface area contributed by atoms with Gasteiger partial charge in [0, 0.05) is 18.8 Å². The van der Waals surface area contributed by atoms with Crippen LogP contribution in [0.1, 0.15) is 37.2 Å². The largest absolute Gasteiger partial charge is 0.464 e. The monoisotopic (exact) mass is 373 g/mol. The van der Waals surface area contributed by atoms with Gasteiger partial charge in [-0.05, 0) is 20.3 Å². The summed E-state index contributed by atoms with van der Waals surface area (Å²) in [6.07, 6.45) is -0.702. The van der Waals surface area contributed by atoms with Gasteiger partial charge >= 0.3 is 12.1 Å². The van der Waals surface area contributed by atoms with Crippen LogP contribution in [0.3, 0.4) is 0 Å². The third-order valence-electron chi connectivity index (χ3n) is 3.24. The molecule has 2 amide bonds. The Hall–Kier alpha value is -2.20. The maximum atomic E-state index is 11.7. The topological polar surface area (TPSA) is 118 Å². The lowest BCUT2D eigenvalue weighted by Gasteiger charge is -2.21. The smallest absolute Gasteiger partial charge is 0.411 e. The molecule has 1 aromatic heterocycles. The molecule has 1 aromatic rings. The molecule has 0 radical (unpaired) electrons. The van der Waals surface area contributed by atoms with Gasteiger partial charge < -0.3 is 19.9 Å². The lowest BCUT2D eigenvalue weighted by Crippen LogP contribution is -2.37. The number of carbonyl (C=O) groups excluding carboxylic acids is 3. The van der Waals surface area contributed by atoms with Crippen LogP contribution in [0, 0.1) is 0 Å². The fourth-order valence-electron chi connectivity index (χ4n) is 1.94. The van der Waals surface area contributed by atoms with Gasteiger partial charge in [-0.25, -0.2) is 14.6 Å². The van der Waals surface area contributed by atoms with E-state index in [9.17, 15) is 19.5 Å². The van der Waals surface area contributed by atoms with Crippen LogP contribution < -0.4 is 5.32 Å². The summed E-state index contributed by atoms with van der Waals surface area (Å²) in [7, 11) is 1.41. The first-order valence-corrected chi connectivity index (χ1v) is 8.70. The minimum atomic E-state index is -1.22. The first kappa shape index (κ1) is 20.8. The molecule has 0 aliphatic carbocycles. The van der Waals surface area contributed by atoms with Gasteiger partial charge in [-0.15, -0.1) is 11.3 Å². The Morgan fingerprint density at radius 2 is 2.08 bits per heavy atom. The zero-order chi connectivity index (χ0) is 18.8. The van der Waals surface area contributed by atoms with Crippen molar-refractivity contribution in [1.29, 1.82) is 0 Å². The molecule has 2 atom stereocenters. The van der Waals surface area contributed by atoms with Crippen LogP contribution in [0.4, 0.5) is 4.79 Å². The highest BCUT2D eigenvalue weighted by Crippen LogP contribution is 2.21. The number of hydrogen-bond donors (Lipinski definition) is 2. The van der Waals surface area contributed by atoms with E-state index in [2.05, 4.69) is 10.3 Å². The number of aromatic nitrogens is 1. The van der Waals surface area contributed by atoms with E-state index in [1.807, 2.05) is 0 Å². The molecule has 1 rings (SSSR count). The average molecular weight is 373 g/mol. The summed E-state index contributed by atoms with van der Waals surface area (Å²) in [4.78, 5) is 39.3. The number of nitrogens with zero attached hydrogens (tertiary/aromatic N) is 2. The van der Waals surface area contributed by atoms with Gasteiger partial charge in [0.05, 0.1) is 18.2 Å². The molecule has 0 aliphatic rings. The molecule has 9 nitrogen and oxygen atoms in total. The first-order chi connectivity index (χ1) is 11.9. The number of thiazole rings is 1. The quantitative estimate of drug-likeness (QED) is 0.354. The van der Waals surface area contributed by atoms with E-state index in [1.165, 1.54) is 18.4 Å². The summed E-state index contributed by atoms with van der Waals surface area (Å²) < 4.78 is 9.71. The number of nitrogens with one attached hydrogen (secondary N) is 1. The third kappa shape index (κ3) is 6.31. The predicted octanol–water partition coefficient (Wildman–Crippen LogP) is 0.833. The van der Waals surface area contributed by atoms with Crippen molar-refractivity contribution in [2.75, 3.05) is 20.3 Å². The molecule has 0 aromatic carbocycles. The fourth-order valence-corrected chi connectivity index (χ4v) is 2.77. The summed E-state index contributed by atoms with van der Waals surface area (Å²) in [6, 6.07) is -0.753. The number of hydrogen-bond acceptors (Lipinski definition) is 8. The van der Waals surface area contributed by atoms with Gasteiger partial charge in [-0.3, -0.25) is 9.69 Å². The summed E-state index contributed by atoms with van der Waals surface area (Å²) in [5.41, 5.74) is 0.312. The number of aryl methyl sites for hydroxylation is 1. The maximum Gasteiger partial charge on any atom is 0.411 e. The van der Waals surface area contributed by atoms with Gasteiger partial charge in [0.15, 0.2) is 6.23 Å². The standard InChI is InChI=1S/C15H23N3O6S/c1-4-23-14(21)10(16-9-19)6-7-12-17-11(8-25-12)13(20)18(3)15(22)24-5-2/h8-10,13,20H,4-7H2,1-3H3,(H,16,19)/t10-,13?/m0/s1.